The topological polar surface area (TPSA) is 55.8 Å². The smallest absolute Gasteiger partial charge is 0.342 e. The monoisotopic (exact) mass is 385 g/mol. The van der Waals surface area contributed by atoms with Crippen molar-refractivity contribution in [2.75, 3.05) is 19.9 Å². The molecule has 1 amide bonds. The lowest BCUT2D eigenvalue weighted by Gasteiger charge is -2.30. The number of hydrogen-bond acceptors (Lipinski definition) is 5. The Bertz CT molecular complexity index is 852. The fourth-order valence-corrected chi connectivity index (χ4v) is 3.61. The molecule has 2 aromatic carbocycles. The van der Waals surface area contributed by atoms with Crippen molar-refractivity contribution < 1.29 is 19.1 Å². The molecular formula is C21H23NO4S. The molecule has 1 aliphatic heterocycles. The molecule has 0 aromatic heterocycles. The summed E-state index contributed by atoms with van der Waals surface area (Å²) in [4.78, 5) is 28.0. The largest absolute Gasteiger partial charge is 0.496 e. The summed E-state index contributed by atoms with van der Waals surface area (Å²) in [7, 11) is 1.51. The average molecular weight is 385 g/mol. The maximum atomic E-state index is 12.7. The van der Waals surface area contributed by atoms with E-state index in [9.17, 15) is 9.59 Å². The van der Waals surface area contributed by atoms with Crippen molar-refractivity contribution in [2.45, 2.75) is 30.9 Å². The van der Waals surface area contributed by atoms with Gasteiger partial charge >= 0.3 is 5.97 Å². The first-order valence-corrected chi connectivity index (χ1v) is 10.0. The molecule has 0 radical (unpaired) electrons. The second kappa shape index (κ2) is 8.48. The second-order valence-electron chi connectivity index (χ2n) is 6.39. The number of carbonyl (C=O) groups is 2. The molecule has 0 bridgehead atoms. The van der Waals surface area contributed by atoms with E-state index < -0.39 is 12.1 Å². The number of benzene rings is 2. The van der Waals surface area contributed by atoms with E-state index in [1.807, 2.05) is 30.5 Å². The molecule has 0 aliphatic carbocycles. The van der Waals surface area contributed by atoms with Crippen LogP contribution < -0.4 is 4.74 Å². The number of amides is 1. The molecule has 0 fully saturated rings. The number of thioether (sulfide) groups is 1. The molecule has 2 aromatic rings. The van der Waals surface area contributed by atoms with E-state index in [-0.39, 0.29) is 5.91 Å². The van der Waals surface area contributed by atoms with Crippen molar-refractivity contribution in [1.82, 2.24) is 4.90 Å². The van der Waals surface area contributed by atoms with Gasteiger partial charge in [-0.3, -0.25) is 4.79 Å². The van der Waals surface area contributed by atoms with Gasteiger partial charge in [-0.1, -0.05) is 24.3 Å². The van der Waals surface area contributed by atoms with Crippen LogP contribution in [0.4, 0.5) is 0 Å². The van der Waals surface area contributed by atoms with Gasteiger partial charge in [0.05, 0.1) is 7.11 Å². The van der Waals surface area contributed by atoms with Crippen LogP contribution in [0.15, 0.2) is 47.4 Å². The first-order valence-electron chi connectivity index (χ1n) is 8.82. The van der Waals surface area contributed by atoms with E-state index in [4.69, 9.17) is 9.47 Å². The van der Waals surface area contributed by atoms with Gasteiger partial charge in [-0.2, -0.15) is 0 Å². The molecule has 0 saturated heterocycles. The quantitative estimate of drug-likeness (QED) is 0.582. The molecule has 0 N–H and O–H groups in total. The highest BCUT2D eigenvalue weighted by atomic mass is 32.2. The van der Waals surface area contributed by atoms with Gasteiger partial charge in [-0.25, -0.2) is 4.79 Å². The Morgan fingerprint density at radius 3 is 2.59 bits per heavy atom. The van der Waals surface area contributed by atoms with Crippen LogP contribution in [0.2, 0.25) is 0 Å². The zero-order valence-electron chi connectivity index (χ0n) is 15.7. The lowest BCUT2D eigenvalue weighted by molar-refractivity contribution is -0.140. The molecule has 3 rings (SSSR count). The number of nitrogens with zero attached hydrogens (tertiary/aromatic N) is 1. The second-order valence-corrected chi connectivity index (χ2v) is 7.27. The van der Waals surface area contributed by atoms with Crippen LogP contribution in [0, 0.1) is 0 Å². The minimum Gasteiger partial charge on any atom is -0.496 e. The van der Waals surface area contributed by atoms with Crippen molar-refractivity contribution in [2.24, 2.45) is 0 Å². The van der Waals surface area contributed by atoms with E-state index in [2.05, 4.69) is 6.07 Å². The standard InChI is InChI=1S/C21H23NO4S/c1-14(20(23)22-11-10-15-6-4-5-7-16(15)13-22)26-21(24)18-9-8-17(27-3)12-19(18)25-2/h4-9,12,14H,10-11,13H2,1-3H3/t14-/m0/s1. The van der Waals surface area contributed by atoms with E-state index in [0.717, 1.165) is 16.9 Å². The Kier molecular flexibility index (Phi) is 6.06. The van der Waals surface area contributed by atoms with Crippen LogP contribution in [-0.4, -0.2) is 42.8 Å². The van der Waals surface area contributed by atoms with Crippen LogP contribution in [0.1, 0.15) is 28.4 Å². The van der Waals surface area contributed by atoms with Gasteiger partial charge in [0.1, 0.15) is 11.3 Å². The van der Waals surface area contributed by atoms with Gasteiger partial charge in [-0.15, -0.1) is 11.8 Å². The fourth-order valence-electron chi connectivity index (χ4n) is 3.18. The zero-order chi connectivity index (χ0) is 19.4. The highest BCUT2D eigenvalue weighted by molar-refractivity contribution is 7.98. The number of rotatable bonds is 5. The third kappa shape index (κ3) is 4.27. The van der Waals surface area contributed by atoms with Crippen molar-refractivity contribution in [3.05, 3.63) is 59.2 Å². The van der Waals surface area contributed by atoms with E-state index >= 15 is 0 Å². The summed E-state index contributed by atoms with van der Waals surface area (Å²) in [5, 5.41) is 0. The van der Waals surface area contributed by atoms with Gasteiger partial charge in [0.25, 0.3) is 5.91 Å². The number of fused-ring (bicyclic) bond motifs is 1. The third-order valence-electron chi connectivity index (χ3n) is 4.70. The van der Waals surface area contributed by atoms with Crippen molar-refractivity contribution >= 4 is 23.6 Å². The number of esters is 1. The molecule has 6 heteroatoms. The van der Waals surface area contributed by atoms with Crippen LogP contribution in [0.5, 0.6) is 5.75 Å². The number of hydrogen-bond donors (Lipinski definition) is 0. The Morgan fingerprint density at radius 2 is 1.89 bits per heavy atom. The van der Waals surface area contributed by atoms with Crippen LogP contribution in [-0.2, 0) is 22.5 Å². The summed E-state index contributed by atoms with van der Waals surface area (Å²) in [5.41, 5.74) is 2.73. The molecule has 0 saturated carbocycles. The predicted octanol–water partition coefficient (Wildman–Crippen LogP) is 3.55. The lowest BCUT2D eigenvalue weighted by atomic mass is 9.99. The molecule has 1 atom stereocenters. The van der Waals surface area contributed by atoms with Crippen LogP contribution in [0.3, 0.4) is 0 Å². The normalized spacial score (nSPS) is 14.3. The SMILES string of the molecule is COc1cc(SC)ccc1C(=O)O[C@@H](C)C(=O)N1CCc2ccccc2C1. The first-order chi connectivity index (χ1) is 13.0. The fraction of sp³-hybridized carbons (Fsp3) is 0.333. The average Bonchev–Trinajstić information content (AvgIpc) is 2.72. The zero-order valence-corrected chi connectivity index (χ0v) is 16.5. The minimum absolute atomic E-state index is 0.183. The maximum absolute atomic E-state index is 12.7. The van der Waals surface area contributed by atoms with E-state index in [1.54, 1.807) is 35.7 Å². The molecule has 142 valence electrons. The number of methoxy groups -OCH3 is 1. The number of carbonyl (C=O) groups excluding carboxylic acids is 2. The highest BCUT2D eigenvalue weighted by Crippen LogP contribution is 2.26. The summed E-state index contributed by atoms with van der Waals surface area (Å²) in [6.07, 6.45) is 1.91. The molecule has 5 nitrogen and oxygen atoms in total. The predicted molar refractivity (Wildman–Crippen MR) is 105 cm³/mol. The Labute approximate surface area is 163 Å². The van der Waals surface area contributed by atoms with Gasteiger partial charge in [0, 0.05) is 18.0 Å². The summed E-state index contributed by atoms with van der Waals surface area (Å²) >= 11 is 1.56. The Morgan fingerprint density at radius 1 is 1.15 bits per heavy atom. The Balaban J connectivity index is 1.67. The lowest BCUT2D eigenvalue weighted by Crippen LogP contribution is -2.42. The summed E-state index contributed by atoms with van der Waals surface area (Å²) < 4.78 is 10.7. The third-order valence-corrected chi connectivity index (χ3v) is 5.43. The van der Waals surface area contributed by atoms with E-state index in [0.29, 0.717) is 24.4 Å². The van der Waals surface area contributed by atoms with Gasteiger partial charge in [-0.05, 0) is 48.9 Å². The summed E-state index contributed by atoms with van der Waals surface area (Å²) in [6, 6.07) is 13.4. The minimum atomic E-state index is -0.854. The summed E-state index contributed by atoms with van der Waals surface area (Å²) in [6.45, 7) is 2.79. The van der Waals surface area contributed by atoms with Crippen molar-refractivity contribution in [1.29, 1.82) is 0 Å². The molecule has 27 heavy (non-hydrogen) atoms. The van der Waals surface area contributed by atoms with Gasteiger partial charge in [0.2, 0.25) is 0 Å². The Hall–Kier alpha value is -2.47. The molecular weight excluding hydrogens is 362 g/mol. The van der Waals surface area contributed by atoms with Gasteiger partial charge < -0.3 is 14.4 Å². The van der Waals surface area contributed by atoms with E-state index in [1.165, 1.54) is 12.7 Å². The highest BCUT2D eigenvalue weighted by Gasteiger charge is 2.28. The maximum Gasteiger partial charge on any atom is 0.342 e. The molecule has 0 unspecified atom stereocenters. The van der Waals surface area contributed by atoms with Crippen LogP contribution in [0.25, 0.3) is 0 Å². The summed E-state index contributed by atoms with van der Waals surface area (Å²) in [5.74, 6) is -0.297. The first kappa shape index (κ1) is 19.3. The molecule has 1 aliphatic rings. The molecule has 0 spiro atoms. The van der Waals surface area contributed by atoms with Gasteiger partial charge in [0.15, 0.2) is 6.10 Å². The van der Waals surface area contributed by atoms with Crippen molar-refractivity contribution in [3.8, 4) is 5.75 Å². The molecule has 1 heterocycles. The van der Waals surface area contributed by atoms with Crippen LogP contribution >= 0.6 is 11.8 Å². The number of ether oxygens (including phenoxy) is 2. The van der Waals surface area contributed by atoms with Crippen molar-refractivity contribution in [3.63, 3.8) is 0 Å².